The highest BCUT2D eigenvalue weighted by molar-refractivity contribution is 5.34. The summed E-state index contributed by atoms with van der Waals surface area (Å²) in [4.78, 5) is 0. The zero-order valence-corrected chi connectivity index (χ0v) is 9.31. The topological polar surface area (TPSA) is 0 Å². The van der Waals surface area contributed by atoms with Crippen molar-refractivity contribution in [1.82, 2.24) is 0 Å². The van der Waals surface area contributed by atoms with E-state index in [-0.39, 0.29) is 5.41 Å². The van der Waals surface area contributed by atoms with Crippen molar-refractivity contribution in [3.05, 3.63) is 41.3 Å². The van der Waals surface area contributed by atoms with E-state index in [9.17, 15) is 0 Å². The van der Waals surface area contributed by atoms with Crippen molar-refractivity contribution in [3.8, 4) is 0 Å². The highest BCUT2D eigenvalue weighted by Crippen LogP contribution is 2.33. The second kappa shape index (κ2) is 3.45. The fourth-order valence-corrected chi connectivity index (χ4v) is 1.24. The second-order valence-corrected chi connectivity index (χ2v) is 4.74. The molecule has 0 radical (unpaired) electrons. The SMILES string of the molecule is Cc1ccc([C+](C)C(C)(C)C)cc1. The van der Waals surface area contributed by atoms with Crippen molar-refractivity contribution in [1.29, 1.82) is 0 Å². The first-order valence-electron chi connectivity index (χ1n) is 4.82. The van der Waals surface area contributed by atoms with Gasteiger partial charge in [0.05, 0.1) is 0 Å². The summed E-state index contributed by atoms with van der Waals surface area (Å²) in [5.74, 6) is 1.45. The highest BCUT2D eigenvalue weighted by Gasteiger charge is 2.27. The van der Waals surface area contributed by atoms with E-state index in [1.807, 2.05) is 0 Å². The van der Waals surface area contributed by atoms with Gasteiger partial charge in [-0.1, -0.05) is 0 Å². The summed E-state index contributed by atoms with van der Waals surface area (Å²) in [6, 6.07) is 8.75. The summed E-state index contributed by atoms with van der Waals surface area (Å²) in [6.45, 7) is 11.1. The maximum atomic E-state index is 2.25. The van der Waals surface area contributed by atoms with Gasteiger partial charge >= 0.3 is 0 Å². The van der Waals surface area contributed by atoms with Gasteiger partial charge in [-0.3, -0.25) is 0 Å². The van der Waals surface area contributed by atoms with Gasteiger partial charge in [0.15, 0.2) is 0 Å². The van der Waals surface area contributed by atoms with Crippen LogP contribution >= 0.6 is 0 Å². The molecule has 0 heteroatoms. The molecule has 0 spiro atoms. The third-order valence-electron chi connectivity index (χ3n) is 2.61. The molecular weight excluding hydrogens is 156 g/mol. The Hall–Kier alpha value is -0.910. The normalized spacial score (nSPS) is 11.5. The monoisotopic (exact) mass is 175 g/mol. The van der Waals surface area contributed by atoms with Gasteiger partial charge in [0.1, 0.15) is 5.56 Å². The zero-order valence-electron chi connectivity index (χ0n) is 9.31. The Balaban J connectivity index is 2.90. The van der Waals surface area contributed by atoms with E-state index < -0.39 is 0 Å². The lowest BCUT2D eigenvalue weighted by Crippen LogP contribution is -2.15. The Bertz CT molecular complexity index is 261. The Kier molecular flexibility index (Phi) is 2.70. The zero-order chi connectivity index (χ0) is 10.1. The van der Waals surface area contributed by atoms with Gasteiger partial charge in [-0.15, -0.1) is 0 Å². The third kappa shape index (κ3) is 2.51. The largest absolute Gasteiger partial charge is 0.132 e. The molecule has 0 N–H and O–H groups in total. The van der Waals surface area contributed by atoms with Crippen LogP contribution in [0.2, 0.25) is 0 Å². The summed E-state index contributed by atoms with van der Waals surface area (Å²) < 4.78 is 0. The lowest BCUT2D eigenvalue weighted by Gasteiger charge is -2.21. The molecule has 0 nitrogen and oxygen atoms in total. The van der Waals surface area contributed by atoms with E-state index in [1.165, 1.54) is 17.0 Å². The van der Waals surface area contributed by atoms with Crippen molar-refractivity contribution < 1.29 is 0 Å². The molecule has 0 aliphatic rings. The maximum absolute atomic E-state index is 2.25. The van der Waals surface area contributed by atoms with Gasteiger partial charge in [0.2, 0.25) is 0 Å². The summed E-state index contributed by atoms with van der Waals surface area (Å²) in [5, 5.41) is 0. The van der Waals surface area contributed by atoms with E-state index in [0.717, 1.165) is 0 Å². The number of rotatable bonds is 1. The van der Waals surface area contributed by atoms with Crippen molar-refractivity contribution in [2.45, 2.75) is 34.6 Å². The van der Waals surface area contributed by atoms with E-state index in [1.54, 1.807) is 0 Å². The summed E-state index contributed by atoms with van der Waals surface area (Å²) in [7, 11) is 0. The molecule has 0 heterocycles. The minimum Gasteiger partial charge on any atom is -0.0446 e. The Morgan fingerprint density at radius 1 is 1.00 bits per heavy atom. The fourth-order valence-electron chi connectivity index (χ4n) is 1.24. The Labute approximate surface area is 82.0 Å². The highest BCUT2D eigenvalue weighted by atomic mass is 14.3. The molecule has 0 unspecified atom stereocenters. The Morgan fingerprint density at radius 2 is 1.46 bits per heavy atom. The van der Waals surface area contributed by atoms with Crippen molar-refractivity contribution in [2.24, 2.45) is 5.41 Å². The minimum atomic E-state index is 0.273. The number of hydrogen-bond acceptors (Lipinski definition) is 0. The molecule has 0 aliphatic carbocycles. The van der Waals surface area contributed by atoms with Crippen LogP contribution in [0.15, 0.2) is 24.3 Å². The number of hydrogen-bond donors (Lipinski definition) is 0. The molecule has 0 amide bonds. The summed E-state index contributed by atoms with van der Waals surface area (Å²) in [5.41, 5.74) is 2.96. The van der Waals surface area contributed by atoms with Crippen molar-refractivity contribution in [2.75, 3.05) is 0 Å². The first-order chi connectivity index (χ1) is 5.91. The van der Waals surface area contributed by atoms with E-state index in [0.29, 0.717) is 0 Å². The van der Waals surface area contributed by atoms with Gasteiger partial charge in [-0.25, -0.2) is 0 Å². The molecule has 0 aromatic heterocycles. The lowest BCUT2D eigenvalue weighted by atomic mass is 9.78. The van der Waals surface area contributed by atoms with Gasteiger partial charge in [0.25, 0.3) is 0 Å². The molecule has 70 valence electrons. The van der Waals surface area contributed by atoms with Gasteiger partial charge in [-0.2, -0.15) is 0 Å². The first kappa shape index (κ1) is 10.2. The average molecular weight is 175 g/mol. The van der Waals surface area contributed by atoms with Crippen LogP contribution in [0.5, 0.6) is 0 Å². The third-order valence-corrected chi connectivity index (χ3v) is 2.61. The quantitative estimate of drug-likeness (QED) is 0.566. The second-order valence-electron chi connectivity index (χ2n) is 4.74. The van der Waals surface area contributed by atoms with Crippen LogP contribution in [0.1, 0.15) is 38.8 Å². The standard InChI is InChI=1S/C13H19/c1-10-6-8-12(9-7-10)11(2)13(3,4)5/h6-9H,1-5H3/q+1. The fraction of sp³-hybridized carbons (Fsp3) is 0.462. The van der Waals surface area contributed by atoms with Gasteiger partial charge in [-0.05, 0) is 45.4 Å². The molecule has 0 saturated carbocycles. The van der Waals surface area contributed by atoms with E-state index >= 15 is 0 Å². The summed E-state index contributed by atoms with van der Waals surface area (Å²) in [6.07, 6.45) is 0. The molecule has 0 aliphatic heterocycles. The smallest absolute Gasteiger partial charge is 0.0446 e. The molecule has 1 aromatic rings. The van der Waals surface area contributed by atoms with Crippen LogP contribution in [-0.4, -0.2) is 0 Å². The van der Waals surface area contributed by atoms with Gasteiger partial charge in [0, 0.05) is 30.4 Å². The number of aryl methyl sites for hydroxylation is 1. The molecule has 0 bridgehead atoms. The first-order valence-corrected chi connectivity index (χ1v) is 4.82. The molecular formula is C13H19+. The van der Waals surface area contributed by atoms with Crippen LogP contribution < -0.4 is 0 Å². The Morgan fingerprint density at radius 3 is 1.85 bits per heavy atom. The van der Waals surface area contributed by atoms with Crippen molar-refractivity contribution >= 4 is 0 Å². The minimum absolute atomic E-state index is 0.273. The van der Waals surface area contributed by atoms with E-state index in [4.69, 9.17) is 0 Å². The molecule has 1 rings (SSSR count). The molecule has 0 saturated heterocycles. The molecule has 13 heavy (non-hydrogen) atoms. The summed E-state index contributed by atoms with van der Waals surface area (Å²) >= 11 is 0. The lowest BCUT2D eigenvalue weighted by molar-refractivity contribution is 0.451. The van der Waals surface area contributed by atoms with Crippen LogP contribution in [0.25, 0.3) is 0 Å². The van der Waals surface area contributed by atoms with Crippen LogP contribution in [0, 0.1) is 18.3 Å². The molecule has 0 fully saturated rings. The average Bonchev–Trinajstić information content (AvgIpc) is 2.03. The van der Waals surface area contributed by atoms with Crippen molar-refractivity contribution in [3.63, 3.8) is 0 Å². The van der Waals surface area contributed by atoms with Crippen LogP contribution in [-0.2, 0) is 0 Å². The maximum Gasteiger partial charge on any atom is 0.132 e. The molecule has 1 aromatic carbocycles. The van der Waals surface area contributed by atoms with E-state index in [2.05, 4.69) is 58.9 Å². The van der Waals surface area contributed by atoms with Crippen LogP contribution in [0.4, 0.5) is 0 Å². The van der Waals surface area contributed by atoms with Gasteiger partial charge < -0.3 is 0 Å². The molecule has 0 atom stereocenters. The number of benzene rings is 1. The predicted octanol–water partition coefficient (Wildman–Crippen LogP) is 3.98. The predicted molar refractivity (Wildman–Crippen MR) is 58.7 cm³/mol. The van der Waals surface area contributed by atoms with Crippen LogP contribution in [0.3, 0.4) is 0 Å².